The first kappa shape index (κ1) is 13.7. The van der Waals surface area contributed by atoms with Crippen LogP contribution in [0, 0.1) is 0 Å². The van der Waals surface area contributed by atoms with Gasteiger partial charge >= 0.3 is 0 Å². The van der Waals surface area contributed by atoms with Crippen LogP contribution in [0.2, 0.25) is 0 Å². The monoisotopic (exact) mass is 257 g/mol. The van der Waals surface area contributed by atoms with Crippen LogP contribution >= 0.6 is 0 Å². The lowest BCUT2D eigenvalue weighted by atomic mass is 10.1. The van der Waals surface area contributed by atoms with Gasteiger partial charge in [0.15, 0.2) is 9.84 Å². The Morgan fingerprint density at radius 3 is 2.59 bits per heavy atom. The average Bonchev–Trinajstić information content (AvgIpc) is 2.24. The van der Waals surface area contributed by atoms with E-state index in [1.54, 1.807) is 24.3 Å². The summed E-state index contributed by atoms with van der Waals surface area (Å²) < 4.78 is 21.7. The highest BCUT2D eigenvalue weighted by Gasteiger charge is 2.10. The maximum absolute atomic E-state index is 11.2. The summed E-state index contributed by atoms with van der Waals surface area (Å²) in [6.07, 6.45) is 1.01. The van der Waals surface area contributed by atoms with Crippen molar-refractivity contribution in [3.63, 3.8) is 0 Å². The van der Waals surface area contributed by atoms with Crippen molar-refractivity contribution in [2.75, 3.05) is 12.0 Å². The number of rotatable bonds is 5. The zero-order valence-corrected chi connectivity index (χ0v) is 10.3. The van der Waals surface area contributed by atoms with E-state index in [2.05, 4.69) is 5.32 Å². The summed E-state index contributed by atoms with van der Waals surface area (Å²) in [6, 6.07) is 7.08. The van der Waals surface area contributed by atoms with Gasteiger partial charge in [-0.2, -0.15) is 0 Å². The molecule has 2 N–H and O–H groups in total. The van der Waals surface area contributed by atoms with Crippen LogP contribution in [-0.2, 0) is 27.8 Å². The molecule has 94 valence electrons. The standard InChI is InChI=1S/C11H15NO4S/c1-17(15,16)8-11(14)12-6-9-3-2-4-10(5-9)7-13/h2-5,13H,6-8H2,1H3,(H,12,14). The fourth-order valence-corrected chi connectivity index (χ4v) is 1.91. The van der Waals surface area contributed by atoms with Gasteiger partial charge in [-0.1, -0.05) is 24.3 Å². The molecular weight excluding hydrogens is 242 g/mol. The van der Waals surface area contributed by atoms with Gasteiger partial charge in [-0.15, -0.1) is 0 Å². The first-order valence-electron chi connectivity index (χ1n) is 5.04. The zero-order valence-electron chi connectivity index (χ0n) is 9.51. The van der Waals surface area contributed by atoms with E-state index in [0.717, 1.165) is 17.4 Å². The Labute approximate surface area is 100 Å². The highest BCUT2D eigenvalue weighted by Crippen LogP contribution is 2.04. The lowest BCUT2D eigenvalue weighted by Gasteiger charge is -2.05. The van der Waals surface area contributed by atoms with E-state index in [-0.39, 0.29) is 13.2 Å². The summed E-state index contributed by atoms with van der Waals surface area (Å²) in [5.74, 6) is -1.03. The van der Waals surface area contributed by atoms with Gasteiger partial charge in [0, 0.05) is 12.8 Å². The maximum atomic E-state index is 11.2. The predicted molar refractivity (Wildman–Crippen MR) is 63.9 cm³/mol. The first-order valence-corrected chi connectivity index (χ1v) is 7.10. The Kier molecular flexibility index (Phi) is 4.65. The molecule has 1 rings (SSSR count). The number of hydrogen-bond acceptors (Lipinski definition) is 4. The number of aliphatic hydroxyl groups excluding tert-OH is 1. The SMILES string of the molecule is CS(=O)(=O)CC(=O)NCc1cccc(CO)c1. The summed E-state index contributed by atoms with van der Waals surface area (Å²) in [4.78, 5) is 11.2. The third-order valence-electron chi connectivity index (χ3n) is 2.06. The fraction of sp³-hybridized carbons (Fsp3) is 0.364. The molecule has 1 amide bonds. The summed E-state index contributed by atoms with van der Waals surface area (Å²) in [6.45, 7) is 0.188. The van der Waals surface area contributed by atoms with E-state index in [1.807, 2.05) is 0 Å². The number of carbonyl (C=O) groups is 1. The van der Waals surface area contributed by atoms with Gasteiger partial charge in [-0.25, -0.2) is 8.42 Å². The number of benzene rings is 1. The summed E-state index contributed by atoms with van der Waals surface area (Å²) >= 11 is 0. The molecule has 0 saturated carbocycles. The van der Waals surface area contributed by atoms with Gasteiger partial charge in [0.25, 0.3) is 0 Å². The van der Waals surface area contributed by atoms with Gasteiger partial charge in [0.2, 0.25) is 5.91 Å². The first-order chi connectivity index (χ1) is 7.90. The van der Waals surface area contributed by atoms with Crippen LogP contribution in [0.25, 0.3) is 0 Å². The van der Waals surface area contributed by atoms with Crippen LogP contribution in [0.4, 0.5) is 0 Å². The van der Waals surface area contributed by atoms with Crippen molar-refractivity contribution in [2.45, 2.75) is 13.2 Å². The van der Waals surface area contributed by atoms with E-state index in [9.17, 15) is 13.2 Å². The molecule has 0 aliphatic carbocycles. The lowest BCUT2D eigenvalue weighted by molar-refractivity contribution is -0.118. The second-order valence-electron chi connectivity index (χ2n) is 3.82. The minimum Gasteiger partial charge on any atom is -0.392 e. The predicted octanol–water partition coefficient (Wildman–Crippen LogP) is -0.160. The van der Waals surface area contributed by atoms with Crippen molar-refractivity contribution in [3.8, 4) is 0 Å². The number of aliphatic hydroxyl groups is 1. The van der Waals surface area contributed by atoms with Crippen LogP contribution in [-0.4, -0.2) is 31.4 Å². The third-order valence-corrected chi connectivity index (χ3v) is 2.84. The largest absolute Gasteiger partial charge is 0.392 e. The minimum atomic E-state index is -3.29. The zero-order chi connectivity index (χ0) is 12.9. The molecule has 1 aromatic rings. The number of sulfone groups is 1. The molecule has 0 spiro atoms. The lowest BCUT2D eigenvalue weighted by Crippen LogP contribution is -2.29. The fourth-order valence-electron chi connectivity index (χ4n) is 1.33. The Morgan fingerprint density at radius 1 is 1.35 bits per heavy atom. The van der Waals surface area contributed by atoms with Crippen molar-refractivity contribution < 1.29 is 18.3 Å². The summed E-state index contributed by atoms with van der Waals surface area (Å²) in [7, 11) is -3.29. The van der Waals surface area contributed by atoms with E-state index in [4.69, 9.17) is 5.11 Å². The topological polar surface area (TPSA) is 83.5 Å². The van der Waals surface area contributed by atoms with Crippen LogP contribution in [0.5, 0.6) is 0 Å². The highest BCUT2D eigenvalue weighted by molar-refractivity contribution is 7.91. The Hall–Kier alpha value is -1.40. The van der Waals surface area contributed by atoms with Crippen LogP contribution in [0.1, 0.15) is 11.1 Å². The molecule has 0 atom stereocenters. The molecule has 0 bridgehead atoms. The van der Waals surface area contributed by atoms with Gasteiger partial charge < -0.3 is 10.4 Å². The smallest absolute Gasteiger partial charge is 0.235 e. The average molecular weight is 257 g/mol. The molecule has 0 aromatic heterocycles. The van der Waals surface area contributed by atoms with E-state index in [1.165, 1.54) is 0 Å². The molecule has 0 unspecified atom stereocenters. The molecule has 1 aromatic carbocycles. The Morgan fingerprint density at radius 2 is 2.00 bits per heavy atom. The van der Waals surface area contributed by atoms with Crippen molar-refractivity contribution >= 4 is 15.7 Å². The molecule has 0 saturated heterocycles. The van der Waals surface area contributed by atoms with Gasteiger partial charge in [0.05, 0.1) is 6.61 Å². The van der Waals surface area contributed by atoms with Crippen LogP contribution < -0.4 is 5.32 Å². The second-order valence-corrected chi connectivity index (χ2v) is 5.97. The Bertz CT molecular complexity index is 496. The molecule has 0 radical (unpaired) electrons. The van der Waals surface area contributed by atoms with E-state index in [0.29, 0.717) is 0 Å². The van der Waals surface area contributed by atoms with Gasteiger partial charge in [-0.3, -0.25) is 4.79 Å². The number of carbonyl (C=O) groups excluding carboxylic acids is 1. The maximum Gasteiger partial charge on any atom is 0.235 e. The molecule has 0 aliphatic heterocycles. The number of nitrogens with one attached hydrogen (secondary N) is 1. The quantitative estimate of drug-likeness (QED) is 0.767. The molecule has 0 heterocycles. The molecule has 5 nitrogen and oxygen atoms in total. The van der Waals surface area contributed by atoms with E-state index < -0.39 is 21.5 Å². The van der Waals surface area contributed by atoms with Gasteiger partial charge in [-0.05, 0) is 11.1 Å². The van der Waals surface area contributed by atoms with Crippen molar-refractivity contribution in [3.05, 3.63) is 35.4 Å². The molecule has 6 heteroatoms. The number of amides is 1. The third kappa shape index (κ3) is 5.46. The summed E-state index contributed by atoms with van der Waals surface area (Å²) in [5, 5.41) is 11.4. The van der Waals surface area contributed by atoms with E-state index >= 15 is 0 Å². The summed E-state index contributed by atoms with van der Waals surface area (Å²) in [5.41, 5.74) is 1.57. The van der Waals surface area contributed by atoms with Crippen molar-refractivity contribution in [2.24, 2.45) is 0 Å². The van der Waals surface area contributed by atoms with Crippen LogP contribution in [0.3, 0.4) is 0 Å². The van der Waals surface area contributed by atoms with Crippen molar-refractivity contribution in [1.82, 2.24) is 5.32 Å². The molecule has 17 heavy (non-hydrogen) atoms. The molecule has 0 aliphatic rings. The van der Waals surface area contributed by atoms with Crippen molar-refractivity contribution in [1.29, 1.82) is 0 Å². The second kappa shape index (κ2) is 5.79. The van der Waals surface area contributed by atoms with Crippen LogP contribution in [0.15, 0.2) is 24.3 Å². The normalized spacial score (nSPS) is 11.2. The number of hydrogen-bond donors (Lipinski definition) is 2. The minimum absolute atomic E-state index is 0.0644. The molecular formula is C11H15NO4S. The Balaban J connectivity index is 2.53. The highest BCUT2D eigenvalue weighted by atomic mass is 32.2. The molecule has 0 fully saturated rings. The van der Waals surface area contributed by atoms with Gasteiger partial charge in [0.1, 0.15) is 5.75 Å².